The fraction of sp³-hybridized carbons (Fsp3) is 0.300. The third kappa shape index (κ3) is 2.00. The quantitative estimate of drug-likeness (QED) is 0.469. The summed E-state index contributed by atoms with van der Waals surface area (Å²) in [4.78, 5) is 12.4. The van der Waals surface area contributed by atoms with Gasteiger partial charge in [-0.05, 0) is 61.2 Å². The van der Waals surface area contributed by atoms with Gasteiger partial charge in [-0.1, -0.05) is 0 Å². The van der Waals surface area contributed by atoms with Gasteiger partial charge in [0.2, 0.25) is 0 Å². The van der Waals surface area contributed by atoms with Gasteiger partial charge in [-0.15, -0.1) is 0 Å². The Kier molecular flexibility index (Phi) is 3.74. The van der Waals surface area contributed by atoms with Gasteiger partial charge in [-0.2, -0.15) is 0 Å². The van der Waals surface area contributed by atoms with Crippen molar-refractivity contribution < 1.29 is 0 Å². The van der Waals surface area contributed by atoms with E-state index in [0.29, 0.717) is 5.82 Å². The third-order valence-electron chi connectivity index (χ3n) is 2.05. The van der Waals surface area contributed by atoms with E-state index in [0.717, 1.165) is 20.5 Å². The van der Waals surface area contributed by atoms with Crippen LogP contribution >= 0.6 is 22.6 Å². The fourth-order valence-electron chi connectivity index (χ4n) is 1.12. The van der Waals surface area contributed by atoms with Gasteiger partial charge in [0.25, 0.3) is 0 Å². The molecule has 0 bridgehead atoms. The van der Waals surface area contributed by atoms with Gasteiger partial charge in [-0.25, -0.2) is 9.98 Å². The lowest BCUT2D eigenvalue weighted by Crippen LogP contribution is -1.92. The zero-order valence-corrected chi connectivity index (χ0v) is 10.7. The van der Waals surface area contributed by atoms with E-state index < -0.39 is 0 Å². The van der Waals surface area contributed by atoms with Crippen LogP contribution in [0.4, 0.5) is 11.5 Å². The van der Waals surface area contributed by atoms with E-state index in [1.165, 1.54) is 0 Å². The van der Waals surface area contributed by atoms with Crippen LogP contribution in [0, 0.1) is 17.5 Å². The van der Waals surface area contributed by atoms with Crippen molar-refractivity contribution in [1.29, 1.82) is 0 Å². The molecular formula is C10H12IN3. The highest BCUT2D eigenvalue weighted by atomic mass is 127. The van der Waals surface area contributed by atoms with E-state index in [1.807, 2.05) is 20.8 Å². The Morgan fingerprint density at radius 2 is 2.00 bits per heavy atom. The van der Waals surface area contributed by atoms with Gasteiger partial charge in [0.1, 0.15) is 9.39 Å². The van der Waals surface area contributed by atoms with Crippen LogP contribution in [0.25, 0.3) is 0 Å². The molecular weight excluding hydrogens is 289 g/mol. The van der Waals surface area contributed by atoms with Crippen molar-refractivity contribution >= 4 is 47.0 Å². The molecule has 0 saturated heterocycles. The second kappa shape index (κ2) is 4.63. The topological polar surface area (TPSA) is 37.6 Å². The SMILES string of the molecule is C=Nc1nc(I)c(C)c(C)c1N=CC. The largest absolute Gasteiger partial charge is 0.257 e. The lowest BCUT2D eigenvalue weighted by Gasteiger charge is -2.08. The summed E-state index contributed by atoms with van der Waals surface area (Å²) in [5, 5.41) is 0. The van der Waals surface area contributed by atoms with E-state index in [2.05, 4.69) is 44.3 Å². The van der Waals surface area contributed by atoms with Crippen LogP contribution in [0.5, 0.6) is 0 Å². The molecule has 4 heteroatoms. The predicted molar refractivity (Wildman–Crippen MR) is 69.5 cm³/mol. The number of rotatable bonds is 2. The maximum atomic E-state index is 4.31. The van der Waals surface area contributed by atoms with Crippen LogP contribution in [0.2, 0.25) is 0 Å². The standard InChI is InChI=1S/C10H12IN3/c1-5-13-8-6(2)7(3)9(11)14-10(8)12-4/h5H,4H2,1-3H3. The normalized spacial score (nSPS) is 10.9. The minimum Gasteiger partial charge on any atom is -0.257 e. The zero-order valence-electron chi connectivity index (χ0n) is 8.50. The molecule has 0 fully saturated rings. The maximum Gasteiger partial charge on any atom is 0.178 e. The highest BCUT2D eigenvalue weighted by Crippen LogP contribution is 2.32. The Bertz CT molecular complexity index is 397. The molecule has 0 aliphatic rings. The van der Waals surface area contributed by atoms with Crippen molar-refractivity contribution in [3.63, 3.8) is 0 Å². The summed E-state index contributed by atoms with van der Waals surface area (Å²) >= 11 is 2.19. The van der Waals surface area contributed by atoms with Crippen LogP contribution in [-0.2, 0) is 0 Å². The molecule has 0 N–H and O–H groups in total. The van der Waals surface area contributed by atoms with Crippen LogP contribution in [0.3, 0.4) is 0 Å². The molecule has 0 radical (unpaired) electrons. The van der Waals surface area contributed by atoms with Crippen molar-refractivity contribution in [2.75, 3.05) is 0 Å². The van der Waals surface area contributed by atoms with Gasteiger partial charge in [0.05, 0.1) is 0 Å². The molecule has 0 amide bonds. The summed E-state index contributed by atoms with van der Waals surface area (Å²) in [5.41, 5.74) is 3.09. The highest BCUT2D eigenvalue weighted by molar-refractivity contribution is 14.1. The first-order valence-electron chi connectivity index (χ1n) is 4.24. The number of hydrogen-bond donors (Lipinski definition) is 0. The Balaban J connectivity index is 3.52. The smallest absolute Gasteiger partial charge is 0.178 e. The molecule has 1 aromatic heterocycles. The van der Waals surface area contributed by atoms with E-state index in [-0.39, 0.29) is 0 Å². The second-order valence-corrected chi connectivity index (χ2v) is 3.89. The van der Waals surface area contributed by atoms with E-state index in [9.17, 15) is 0 Å². The van der Waals surface area contributed by atoms with Crippen molar-refractivity contribution in [1.82, 2.24) is 4.98 Å². The highest BCUT2D eigenvalue weighted by Gasteiger charge is 2.10. The number of pyridine rings is 1. The lowest BCUT2D eigenvalue weighted by atomic mass is 10.1. The molecule has 0 saturated carbocycles. The lowest BCUT2D eigenvalue weighted by molar-refractivity contribution is 1.15. The van der Waals surface area contributed by atoms with Gasteiger partial charge in [0, 0.05) is 6.21 Å². The Hall–Kier alpha value is -0.780. The summed E-state index contributed by atoms with van der Waals surface area (Å²) in [6.07, 6.45) is 1.74. The number of aromatic nitrogens is 1. The Morgan fingerprint density at radius 1 is 1.36 bits per heavy atom. The first-order chi connectivity index (χ1) is 6.61. The maximum absolute atomic E-state index is 4.31. The summed E-state index contributed by atoms with van der Waals surface area (Å²) in [6, 6.07) is 0. The molecule has 0 aliphatic carbocycles. The summed E-state index contributed by atoms with van der Waals surface area (Å²) in [5.74, 6) is 0.607. The molecule has 74 valence electrons. The Morgan fingerprint density at radius 3 is 2.50 bits per heavy atom. The van der Waals surface area contributed by atoms with E-state index in [1.54, 1.807) is 6.21 Å². The minimum atomic E-state index is 0.607. The molecule has 14 heavy (non-hydrogen) atoms. The average molecular weight is 301 g/mol. The minimum absolute atomic E-state index is 0.607. The molecule has 0 unspecified atom stereocenters. The number of aliphatic imine (C=N–C) groups is 2. The van der Waals surface area contributed by atoms with Gasteiger partial charge >= 0.3 is 0 Å². The Labute approximate surface area is 97.5 Å². The third-order valence-corrected chi connectivity index (χ3v) is 3.10. The number of nitrogens with zero attached hydrogens (tertiary/aromatic N) is 3. The van der Waals surface area contributed by atoms with Gasteiger partial charge < -0.3 is 0 Å². The van der Waals surface area contributed by atoms with Crippen LogP contribution in [0.1, 0.15) is 18.1 Å². The monoisotopic (exact) mass is 301 g/mol. The zero-order chi connectivity index (χ0) is 10.7. The predicted octanol–water partition coefficient (Wildman–Crippen LogP) is 3.36. The molecule has 0 aliphatic heterocycles. The molecule has 0 atom stereocenters. The van der Waals surface area contributed by atoms with E-state index >= 15 is 0 Å². The van der Waals surface area contributed by atoms with Crippen molar-refractivity contribution in [2.45, 2.75) is 20.8 Å². The first kappa shape index (κ1) is 11.3. The van der Waals surface area contributed by atoms with Gasteiger partial charge in [0.15, 0.2) is 5.82 Å². The summed E-state index contributed by atoms with van der Waals surface area (Å²) in [6.45, 7) is 9.43. The summed E-state index contributed by atoms with van der Waals surface area (Å²) in [7, 11) is 0. The van der Waals surface area contributed by atoms with Crippen molar-refractivity contribution in [3.05, 3.63) is 14.8 Å². The molecule has 3 nitrogen and oxygen atoms in total. The molecule has 1 rings (SSSR count). The first-order valence-corrected chi connectivity index (χ1v) is 5.31. The van der Waals surface area contributed by atoms with E-state index in [4.69, 9.17) is 0 Å². The molecule has 1 heterocycles. The van der Waals surface area contributed by atoms with Crippen LogP contribution < -0.4 is 0 Å². The molecule has 1 aromatic rings. The fourth-order valence-corrected chi connectivity index (χ4v) is 1.76. The molecule has 0 spiro atoms. The number of halogens is 1. The van der Waals surface area contributed by atoms with Crippen LogP contribution in [-0.4, -0.2) is 17.9 Å². The van der Waals surface area contributed by atoms with Crippen molar-refractivity contribution in [3.8, 4) is 0 Å². The van der Waals surface area contributed by atoms with Gasteiger partial charge in [-0.3, -0.25) is 4.99 Å². The van der Waals surface area contributed by atoms with Crippen LogP contribution in [0.15, 0.2) is 9.98 Å². The second-order valence-electron chi connectivity index (χ2n) is 2.87. The number of hydrogen-bond acceptors (Lipinski definition) is 3. The summed E-state index contributed by atoms with van der Waals surface area (Å²) < 4.78 is 0.956. The average Bonchev–Trinajstić information content (AvgIpc) is 2.19. The van der Waals surface area contributed by atoms with Crippen molar-refractivity contribution in [2.24, 2.45) is 9.98 Å². The molecule has 0 aromatic carbocycles.